The summed E-state index contributed by atoms with van der Waals surface area (Å²) in [4.78, 5) is 18.4. The lowest BCUT2D eigenvalue weighted by Crippen LogP contribution is -2.47. The van der Waals surface area contributed by atoms with Crippen LogP contribution >= 0.6 is 0 Å². The standard InChI is InChI=1S/C21H23N5O/c1-21(11-19(27)26(3)20(23)24-21)14-6-9-18-16(10-14)17(12-25(18)2)13-4-7-15(22)8-5-13/h4-10,12H,11,22H2,1-3H3,(H2,23,24)/t21-/m0/s1. The van der Waals surface area contributed by atoms with Crippen molar-refractivity contribution in [2.75, 3.05) is 12.8 Å². The van der Waals surface area contributed by atoms with E-state index in [0.717, 1.165) is 33.3 Å². The normalized spacial score (nSPS) is 20.2. The number of carbonyl (C=O) groups is 1. The molecule has 0 radical (unpaired) electrons. The molecule has 2 heterocycles. The highest BCUT2D eigenvalue weighted by atomic mass is 16.2. The summed E-state index contributed by atoms with van der Waals surface area (Å²) >= 11 is 0. The van der Waals surface area contributed by atoms with Gasteiger partial charge in [-0.1, -0.05) is 18.2 Å². The average molecular weight is 361 g/mol. The smallest absolute Gasteiger partial charge is 0.231 e. The molecule has 1 aromatic heterocycles. The van der Waals surface area contributed by atoms with Crippen LogP contribution in [0.2, 0.25) is 0 Å². The van der Waals surface area contributed by atoms with Gasteiger partial charge in [0.15, 0.2) is 5.96 Å². The summed E-state index contributed by atoms with van der Waals surface area (Å²) < 4.78 is 2.10. The fourth-order valence-corrected chi connectivity index (χ4v) is 3.69. The lowest BCUT2D eigenvalue weighted by Gasteiger charge is -2.33. The van der Waals surface area contributed by atoms with E-state index in [9.17, 15) is 4.79 Å². The molecular formula is C21H23N5O. The Bertz CT molecular complexity index is 1080. The molecule has 6 nitrogen and oxygen atoms in total. The Hall–Kier alpha value is -3.28. The Morgan fingerprint density at radius 2 is 1.78 bits per heavy atom. The number of rotatable bonds is 2. The van der Waals surface area contributed by atoms with Crippen LogP contribution in [0.15, 0.2) is 53.7 Å². The fourth-order valence-electron chi connectivity index (χ4n) is 3.69. The molecule has 1 aliphatic rings. The van der Waals surface area contributed by atoms with Crippen LogP contribution in [-0.2, 0) is 17.4 Å². The van der Waals surface area contributed by atoms with Crippen LogP contribution in [0.1, 0.15) is 18.9 Å². The summed E-state index contributed by atoms with van der Waals surface area (Å²) in [6.07, 6.45) is 2.40. The Morgan fingerprint density at radius 3 is 2.44 bits per heavy atom. The van der Waals surface area contributed by atoms with Gasteiger partial charge in [-0.25, -0.2) is 4.99 Å². The van der Waals surface area contributed by atoms with Crippen LogP contribution in [0.4, 0.5) is 5.69 Å². The zero-order valence-electron chi connectivity index (χ0n) is 15.7. The molecule has 6 heteroatoms. The maximum Gasteiger partial charge on any atom is 0.231 e. The summed E-state index contributed by atoms with van der Waals surface area (Å²) in [7, 11) is 3.68. The number of aliphatic imine (C=N–C) groups is 1. The Labute approximate surface area is 158 Å². The number of hydrogen-bond donors (Lipinski definition) is 2. The van der Waals surface area contributed by atoms with Gasteiger partial charge in [0.1, 0.15) is 0 Å². The van der Waals surface area contributed by atoms with Crippen molar-refractivity contribution in [3.63, 3.8) is 0 Å². The number of benzene rings is 2. The van der Waals surface area contributed by atoms with E-state index in [1.165, 1.54) is 4.90 Å². The number of aromatic nitrogens is 1. The molecule has 1 atom stereocenters. The molecule has 0 fully saturated rings. The van der Waals surface area contributed by atoms with E-state index in [2.05, 4.69) is 27.9 Å². The van der Waals surface area contributed by atoms with Crippen molar-refractivity contribution in [1.29, 1.82) is 0 Å². The maximum atomic E-state index is 12.3. The minimum Gasteiger partial charge on any atom is -0.399 e. The zero-order chi connectivity index (χ0) is 19.3. The summed E-state index contributed by atoms with van der Waals surface area (Å²) in [5.41, 5.74) is 16.2. The molecular weight excluding hydrogens is 338 g/mol. The number of nitrogens with two attached hydrogens (primary N) is 2. The van der Waals surface area contributed by atoms with Crippen LogP contribution in [0, 0.1) is 0 Å². The molecule has 0 saturated carbocycles. The molecule has 4 rings (SSSR count). The van der Waals surface area contributed by atoms with E-state index >= 15 is 0 Å². The van der Waals surface area contributed by atoms with Gasteiger partial charge in [0.2, 0.25) is 5.91 Å². The highest BCUT2D eigenvalue weighted by Gasteiger charge is 2.36. The van der Waals surface area contributed by atoms with Crippen molar-refractivity contribution >= 4 is 28.5 Å². The largest absolute Gasteiger partial charge is 0.399 e. The quantitative estimate of drug-likeness (QED) is 0.688. The van der Waals surface area contributed by atoms with Gasteiger partial charge >= 0.3 is 0 Å². The number of nitrogen functional groups attached to an aromatic ring is 1. The van der Waals surface area contributed by atoms with Gasteiger partial charge in [-0.3, -0.25) is 9.69 Å². The first-order chi connectivity index (χ1) is 12.8. The molecule has 138 valence electrons. The van der Waals surface area contributed by atoms with Gasteiger partial charge in [-0.05, 0) is 42.3 Å². The number of carbonyl (C=O) groups excluding carboxylic acids is 1. The molecule has 27 heavy (non-hydrogen) atoms. The predicted octanol–water partition coefficient (Wildman–Crippen LogP) is 2.82. The number of anilines is 1. The molecule has 1 aliphatic heterocycles. The van der Waals surface area contributed by atoms with Crippen LogP contribution in [0.25, 0.3) is 22.0 Å². The van der Waals surface area contributed by atoms with Crippen molar-refractivity contribution in [3.8, 4) is 11.1 Å². The summed E-state index contributed by atoms with van der Waals surface area (Å²) in [5.74, 6) is 0.220. The number of guanidine groups is 1. The van der Waals surface area contributed by atoms with Gasteiger partial charge in [0, 0.05) is 42.4 Å². The SMILES string of the molecule is CN1C(=O)C[C@@](C)(c2ccc3c(c2)c(-c2ccc(N)cc2)cn3C)N=C1N. The first-order valence-electron chi connectivity index (χ1n) is 8.86. The van der Waals surface area contributed by atoms with Crippen LogP contribution in [0.5, 0.6) is 0 Å². The Kier molecular flexibility index (Phi) is 3.73. The van der Waals surface area contributed by atoms with E-state index in [0.29, 0.717) is 6.42 Å². The van der Waals surface area contributed by atoms with Crippen LogP contribution < -0.4 is 11.5 Å². The molecule has 3 aromatic rings. The first-order valence-corrected chi connectivity index (χ1v) is 8.86. The topological polar surface area (TPSA) is 89.6 Å². The third-order valence-corrected chi connectivity index (χ3v) is 5.41. The van der Waals surface area contributed by atoms with Crippen molar-refractivity contribution in [2.45, 2.75) is 18.9 Å². The summed E-state index contributed by atoms with van der Waals surface area (Å²) in [6.45, 7) is 1.96. The molecule has 2 aromatic carbocycles. The van der Waals surface area contributed by atoms with Gasteiger partial charge in [0.25, 0.3) is 0 Å². The van der Waals surface area contributed by atoms with Gasteiger partial charge in [-0.2, -0.15) is 0 Å². The third kappa shape index (κ3) is 2.73. The Balaban J connectivity index is 1.88. The van der Waals surface area contributed by atoms with Crippen molar-refractivity contribution < 1.29 is 4.79 Å². The molecule has 1 amide bonds. The lowest BCUT2D eigenvalue weighted by molar-refractivity contribution is -0.128. The predicted molar refractivity (Wildman–Crippen MR) is 109 cm³/mol. The highest BCUT2D eigenvalue weighted by molar-refractivity contribution is 6.00. The third-order valence-electron chi connectivity index (χ3n) is 5.41. The highest BCUT2D eigenvalue weighted by Crippen LogP contribution is 2.37. The van der Waals surface area contributed by atoms with E-state index in [4.69, 9.17) is 11.5 Å². The summed E-state index contributed by atoms with van der Waals surface area (Å²) in [5, 5.41) is 1.11. The van der Waals surface area contributed by atoms with Gasteiger partial charge in [-0.15, -0.1) is 0 Å². The van der Waals surface area contributed by atoms with E-state index in [1.807, 2.05) is 44.3 Å². The molecule has 4 N–H and O–H groups in total. The number of nitrogens with zero attached hydrogens (tertiary/aromatic N) is 3. The molecule has 0 spiro atoms. The minimum absolute atomic E-state index is 0.0306. The number of aryl methyl sites for hydroxylation is 1. The van der Waals surface area contributed by atoms with E-state index in [-0.39, 0.29) is 11.9 Å². The second-order valence-electron chi connectivity index (χ2n) is 7.38. The molecule has 0 aliphatic carbocycles. The zero-order valence-corrected chi connectivity index (χ0v) is 15.7. The van der Waals surface area contributed by atoms with Crippen LogP contribution in [-0.4, -0.2) is 28.4 Å². The minimum atomic E-state index is -0.671. The molecule has 0 bridgehead atoms. The summed E-state index contributed by atoms with van der Waals surface area (Å²) in [6, 6.07) is 14.1. The van der Waals surface area contributed by atoms with E-state index in [1.54, 1.807) is 7.05 Å². The lowest BCUT2D eigenvalue weighted by atomic mass is 9.86. The van der Waals surface area contributed by atoms with Crippen molar-refractivity contribution in [3.05, 3.63) is 54.2 Å². The van der Waals surface area contributed by atoms with Crippen LogP contribution in [0.3, 0.4) is 0 Å². The second kappa shape index (κ2) is 5.87. The van der Waals surface area contributed by atoms with Crippen molar-refractivity contribution in [1.82, 2.24) is 9.47 Å². The van der Waals surface area contributed by atoms with E-state index < -0.39 is 5.54 Å². The van der Waals surface area contributed by atoms with Crippen molar-refractivity contribution in [2.24, 2.45) is 17.8 Å². The number of amides is 1. The number of fused-ring (bicyclic) bond motifs is 1. The van der Waals surface area contributed by atoms with Gasteiger partial charge < -0.3 is 16.0 Å². The van der Waals surface area contributed by atoms with Gasteiger partial charge in [0.05, 0.1) is 12.0 Å². The Morgan fingerprint density at radius 1 is 1.07 bits per heavy atom. The second-order valence-corrected chi connectivity index (χ2v) is 7.38. The molecule has 0 saturated heterocycles. The molecule has 0 unspecified atom stereocenters. The number of hydrogen-bond acceptors (Lipinski definition) is 4. The fraction of sp³-hybridized carbons (Fsp3) is 0.238. The average Bonchev–Trinajstić information content (AvgIpc) is 2.97. The first kappa shape index (κ1) is 17.1. The maximum absolute atomic E-state index is 12.3. The monoisotopic (exact) mass is 361 g/mol.